The molecule has 3 rings (SSSR count). The van der Waals surface area contributed by atoms with Crippen LogP contribution in [0.5, 0.6) is 0 Å². The fourth-order valence-electron chi connectivity index (χ4n) is 1.65. The monoisotopic (exact) mass is 216 g/mol. The minimum absolute atomic E-state index is 0.0254. The fourth-order valence-corrected chi connectivity index (χ4v) is 2.47. The Labute approximate surface area is 89.6 Å². The van der Waals surface area contributed by atoms with Crippen LogP contribution in [0.1, 0.15) is 5.56 Å². The van der Waals surface area contributed by atoms with Crippen molar-refractivity contribution in [3.05, 3.63) is 45.6 Å². The zero-order valence-electron chi connectivity index (χ0n) is 8.10. The quantitative estimate of drug-likeness (QED) is 0.577. The maximum Gasteiger partial charge on any atom is 0.261 e. The van der Waals surface area contributed by atoms with Gasteiger partial charge in [-0.1, -0.05) is 12.1 Å². The number of imidazole rings is 1. The summed E-state index contributed by atoms with van der Waals surface area (Å²) in [5.41, 5.74) is 2.54. The lowest BCUT2D eigenvalue weighted by Gasteiger charge is -1.94. The lowest BCUT2D eigenvalue weighted by atomic mass is 10.3. The Kier molecular flexibility index (Phi) is 1.67. The molecule has 3 nitrogen and oxygen atoms in total. The standard InChI is InChI=1S/C11H8N2OS/c1-7-6-15-11-12-8-4-2-3-5-9(8)13(11)10(7)14/h2-6H,1H3. The smallest absolute Gasteiger partial charge is 0.261 e. The fraction of sp³-hybridized carbons (Fsp3) is 0.0909. The summed E-state index contributed by atoms with van der Waals surface area (Å²) in [7, 11) is 0. The Morgan fingerprint density at radius 1 is 1.33 bits per heavy atom. The van der Waals surface area contributed by atoms with Gasteiger partial charge in [-0.25, -0.2) is 9.38 Å². The van der Waals surface area contributed by atoms with E-state index in [1.807, 2.05) is 36.6 Å². The van der Waals surface area contributed by atoms with Gasteiger partial charge >= 0.3 is 0 Å². The van der Waals surface area contributed by atoms with E-state index >= 15 is 0 Å². The maximum atomic E-state index is 11.9. The molecule has 15 heavy (non-hydrogen) atoms. The molecule has 0 saturated heterocycles. The largest absolute Gasteiger partial charge is 0.269 e. The van der Waals surface area contributed by atoms with Crippen LogP contribution in [0, 0.1) is 6.92 Å². The van der Waals surface area contributed by atoms with E-state index in [1.54, 1.807) is 4.40 Å². The van der Waals surface area contributed by atoms with Gasteiger partial charge < -0.3 is 0 Å². The maximum absolute atomic E-state index is 11.9. The SMILES string of the molecule is Cc1csc2nc3ccccc3n2c1=O. The molecule has 74 valence electrons. The Balaban J connectivity index is 2.69. The van der Waals surface area contributed by atoms with Crippen LogP contribution in [-0.2, 0) is 0 Å². The second-order valence-corrected chi connectivity index (χ2v) is 4.28. The van der Waals surface area contributed by atoms with Crippen molar-refractivity contribution in [2.24, 2.45) is 0 Å². The van der Waals surface area contributed by atoms with Gasteiger partial charge in [0.25, 0.3) is 5.56 Å². The lowest BCUT2D eigenvalue weighted by Crippen LogP contribution is -2.13. The number of hydrogen-bond acceptors (Lipinski definition) is 3. The van der Waals surface area contributed by atoms with Crippen LogP contribution in [0.2, 0.25) is 0 Å². The number of benzene rings is 1. The molecule has 2 aromatic heterocycles. The number of aromatic nitrogens is 2. The molecule has 0 unspecified atom stereocenters. The second kappa shape index (κ2) is 2.90. The summed E-state index contributed by atoms with van der Waals surface area (Å²) < 4.78 is 1.68. The zero-order valence-corrected chi connectivity index (χ0v) is 8.91. The molecule has 0 spiro atoms. The molecule has 0 aliphatic carbocycles. The van der Waals surface area contributed by atoms with Crippen LogP contribution in [0.25, 0.3) is 16.0 Å². The summed E-state index contributed by atoms with van der Waals surface area (Å²) in [5, 5.41) is 1.85. The van der Waals surface area contributed by atoms with E-state index in [-0.39, 0.29) is 5.56 Å². The summed E-state index contributed by atoms with van der Waals surface area (Å²) in [4.78, 5) is 17.1. The highest BCUT2D eigenvalue weighted by Gasteiger charge is 2.07. The predicted octanol–water partition coefficient (Wildman–Crippen LogP) is 2.22. The van der Waals surface area contributed by atoms with E-state index in [0.29, 0.717) is 0 Å². The molecule has 2 heterocycles. The van der Waals surface area contributed by atoms with Crippen molar-refractivity contribution in [2.45, 2.75) is 6.92 Å². The van der Waals surface area contributed by atoms with Gasteiger partial charge in [0.15, 0.2) is 4.96 Å². The van der Waals surface area contributed by atoms with Gasteiger partial charge in [-0.3, -0.25) is 4.79 Å². The number of aryl methyl sites for hydroxylation is 1. The summed E-state index contributed by atoms with van der Waals surface area (Å²) in [6.07, 6.45) is 0. The predicted molar refractivity (Wildman–Crippen MR) is 61.6 cm³/mol. The van der Waals surface area contributed by atoms with Crippen molar-refractivity contribution in [2.75, 3.05) is 0 Å². The van der Waals surface area contributed by atoms with Gasteiger partial charge in [-0.05, 0) is 19.1 Å². The Hall–Kier alpha value is -1.68. The van der Waals surface area contributed by atoms with Crippen LogP contribution in [0.3, 0.4) is 0 Å². The van der Waals surface area contributed by atoms with Gasteiger partial charge in [-0.15, -0.1) is 11.3 Å². The van der Waals surface area contributed by atoms with E-state index in [9.17, 15) is 4.79 Å². The van der Waals surface area contributed by atoms with Crippen LogP contribution in [-0.4, -0.2) is 9.38 Å². The normalized spacial score (nSPS) is 11.3. The van der Waals surface area contributed by atoms with Crippen molar-refractivity contribution < 1.29 is 0 Å². The van der Waals surface area contributed by atoms with E-state index in [1.165, 1.54) is 11.3 Å². The Morgan fingerprint density at radius 2 is 2.13 bits per heavy atom. The van der Waals surface area contributed by atoms with E-state index in [0.717, 1.165) is 21.6 Å². The van der Waals surface area contributed by atoms with Gasteiger partial charge in [0.1, 0.15) is 0 Å². The lowest BCUT2D eigenvalue weighted by molar-refractivity contribution is 1.14. The second-order valence-electron chi connectivity index (χ2n) is 3.44. The molecule has 0 bridgehead atoms. The summed E-state index contributed by atoms with van der Waals surface area (Å²) in [5.74, 6) is 0. The molecule has 0 fully saturated rings. The third-order valence-electron chi connectivity index (χ3n) is 2.41. The average Bonchev–Trinajstić information content (AvgIpc) is 2.62. The van der Waals surface area contributed by atoms with Crippen molar-refractivity contribution in [1.29, 1.82) is 0 Å². The van der Waals surface area contributed by atoms with E-state index in [2.05, 4.69) is 4.98 Å². The van der Waals surface area contributed by atoms with Crippen LogP contribution in [0.15, 0.2) is 34.4 Å². The molecule has 1 aromatic carbocycles. The van der Waals surface area contributed by atoms with Gasteiger partial charge in [0, 0.05) is 10.9 Å². The summed E-state index contributed by atoms with van der Waals surface area (Å²) in [6.45, 7) is 1.83. The number of fused-ring (bicyclic) bond motifs is 3. The van der Waals surface area contributed by atoms with Crippen molar-refractivity contribution in [3.8, 4) is 0 Å². The van der Waals surface area contributed by atoms with Crippen molar-refractivity contribution in [1.82, 2.24) is 9.38 Å². The number of hydrogen-bond donors (Lipinski definition) is 0. The highest BCUT2D eigenvalue weighted by Crippen LogP contribution is 2.17. The van der Waals surface area contributed by atoms with E-state index in [4.69, 9.17) is 0 Å². The number of para-hydroxylation sites is 2. The van der Waals surface area contributed by atoms with Crippen LogP contribution < -0.4 is 5.56 Å². The molecule has 0 atom stereocenters. The first kappa shape index (κ1) is 8.61. The highest BCUT2D eigenvalue weighted by atomic mass is 32.1. The molecule has 0 N–H and O–H groups in total. The van der Waals surface area contributed by atoms with Crippen LogP contribution in [0.4, 0.5) is 0 Å². The molecule has 3 aromatic rings. The van der Waals surface area contributed by atoms with Gasteiger partial charge in [-0.2, -0.15) is 0 Å². The third kappa shape index (κ3) is 1.11. The molecular formula is C11H8N2OS. The summed E-state index contributed by atoms with van der Waals surface area (Å²) >= 11 is 1.50. The molecule has 0 aliphatic heterocycles. The number of rotatable bonds is 0. The van der Waals surface area contributed by atoms with Gasteiger partial charge in [0.05, 0.1) is 11.0 Å². The minimum atomic E-state index is 0.0254. The summed E-state index contributed by atoms with van der Waals surface area (Å²) in [6, 6.07) is 7.69. The average molecular weight is 216 g/mol. The molecule has 0 amide bonds. The van der Waals surface area contributed by atoms with Crippen molar-refractivity contribution in [3.63, 3.8) is 0 Å². The molecule has 0 saturated carbocycles. The van der Waals surface area contributed by atoms with Gasteiger partial charge in [0.2, 0.25) is 0 Å². The highest BCUT2D eigenvalue weighted by molar-refractivity contribution is 7.15. The first-order valence-corrected chi connectivity index (χ1v) is 5.51. The topological polar surface area (TPSA) is 34.4 Å². The minimum Gasteiger partial charge on any atom is -0.269 e. The third-order valence-corrected chi connectivity index (χ3v) is 3.37. The Morgan fingerprint density at radius 3 is 3.00 bits per heavy atom. The van der Waals surface area contributed by atoms with Crippen molar-refractivity contribution >= 4 is 27.3 Å². The molecule has 0 radical (unpaired) electrons. The molecule has 4 heteroatoms. The Bertz CT molecular complexity index is 711. The molecular weight excluding hydrogens is 208 g/mol. The first-order valence-electron chi connectivity index (χ1n) is 4.63. The van der Waals surface area contributed by atoms with Crippen LogP contribution >= 0.6 is 11.3 Å². The first-order chi connectivity index (χ1) is 7.27. The number of nitrogens with zero attached hydrogens (tertiary/aromatic N) is 2. The zero-order chi connectivity index (χ0) is 10.4. The van der Waals surface area contributed by atoms with E-state index < -0.39 is 0 Å². The molecule has 0 aliphatic rings.